The number of phenols is 3. The molecule has 8 rings (SSSR count). The van der Waals surface area contributed by atoms with E-state index in [4.69, 9.17) is 47.0 Å². The molecule has 25 nitrogen and oxygen atoms in total. The Morgan fingerprint density at radius 2 is 1.19 bits per heavy atom. The fraction of sp³-hybridized carbons (Fsp3) is 0.512. The second-order valence-corrected chi connectivity index (χ2v) is 16.4. The zero-order valence-electron chi connectivity index (χ0n) is 35.5. The standard InChI is InChI=1S/C43H50O25/c1-59-20-6-14(2-4-17(20)48)37-26(61-19-5-3-15(7-21(19)62-37)38-31(53)29(51)27-18(49)8-16(47)9-22(27)63-38)13-60-41-35(57)32(54)39(24(11-45)65-41)68-43-36(58)33(55)40(25(12-46)66-43)67-42-34(56)30(52)28(50)23(10-44)64-42/h2-9,23-26,28,30,32-37,39-50,52-58H,10-13H2,1H3/t23-,24-,25-,26-,28-,30+,32-,33-,34-,35-,36-,37-,39-,40-,41-,42-,43-/m1/s1. The molecule has 0 unspecified atom stereocenters. The zero-order chi connectivity index (χ0) is 48.9. The van der Waals surface area contributed by atoms with Gasteiger partial charge in [0, 0.05) is 23.3 Å². The van der Waals surface area contributed by atoms with Gasteiger partial charge in [0.1, 0.15) is 95.7 Å². The Balaban J connectivity index is 0.981. The van der Waals surface area contributed by atoms with Crippen molar-refractivity contribution in [1.29, 1.82) is 0 Å². The van der Waals surface area contributed by atoms with Gasteiger partial charge in [0.2, 0.25) is 11.2 Å². The number of fused-ring (bicyclic) bond motifs is 2. The molecule has 17 atom stereocenters. The Morgan fingerprint density at radius 1 is 0.588 bits per heavy atom. The summed E-state index contributed by atoms with van der Waals surface area (Å²) in [5.74, 6) is -2.24. The summed E-state index contributed by atoms with van der Waals surface area (Å²) in [6, 6.07) is 10.5. The summed E-state index contributed by atoms with van der Waals surface area (Å²) in [5.41, 5.74) is -0.747. The zero-order valence-corrected chi connectivity index (χ0v) is 35.5. The third-order valence-corrected chi connectivity index (χ3v) is 12.0. The lowest BCUT2D eigenvalue weighted by Gasteiger charge is -2.48. The molecule has 5 heterocycles. The minimum Gasteiger partial charge on any atom is -0.508 e. The molecule has 0 spiro atoms. The summed E-state index contributed by atoms with van der Waals surface area (Å²) >= 11 is 0. The lowest BCUT2D eigenvalue weighted by Crippen LogP contribution is -2.66. The van der Waals surface area contributed by atoms with Gasteiger partial charge in [-0.15, -0.1) is 0 Å². The van der Waals surface area contributed by atoms with Gasteiger partial charge >= 0.3 is 0 Å². The van der Waals surface area contributed by atoms with Crippen LogP contribution in [-0.2, 0) is 28.4 Å². The molecule has 4 aromatic rings. The van der Waals surface area contributed by atoms with Crippen LogP contribution in [0, 0.1) is 0 Å². The van der Waals surface area contributed by atoms with Crippen LogP contribution >= 0.6 is 0 Å². The highest BCUT2D eigenvalue weighted by Crippen LogP contribution is 2.45. The van der Waals surface area contributed by atoms with Crippen LogP contribution in [0.4, 0.5) is 0 Å². The summed E-state index contributed by atoms with van der Waals surface area (Å²) in [6.45, 7) is -3.05. The van der Waals surface area contributed by atoms with Crippen LogP contribution in [0.3, 0.4) is 0 Å². The van der Waals surface area contributed by atoms with Crippen LogP contribution in [0.5, 0.6) is 40.2 Å². The molecule has 0 bridgehead atoms. The number of hydrogen-bond acceptors (Lipinski definition) is 25. The quantitative estimate of drug-likeness (QED) is 0.0622. The molecule has 372 valence electrons. The van der Waals surface area contributed by atoms with Crippen molar-refractivity contribution in [2.45, 2.75) is 104 Å². The molecule has 4 aliphatic heterocycles. The first kappa shape index (κ1) is 49.3. The van der Waals surface area contributed by atoms with E-state index in [0.29, 0.717) is 5.56 Å². The summed E-state index contributed by atoms with van der Waals surface area (Å²) in [6.07, 6.45) is -28.9. The van der Waals surface area contributed by atoms with E-state index < -0.39 is 153 Å². The van der Waals surface area contributed by atoms with E-state index in [0.717, 1.165) is 12.1 Å². The molecule has 25 heteroatoms. The highest BCUT2D eigenvalue weighted by molar-refractivity contribution is 5.88. The highest BCUT2D eigenvalue weighted by atomic mass is 16.8. The van der Waals surface area contributed by atoms with Gasteiger partial charge < -0.3 is 119 Å². The lowest BCUT2D eigenvalue weighted by molar-refractivity contribution is -0.379. The smallest absolute Gasteiger partial charge is 0.238 e. The second-order valence-electron chi connectivity index (χ2n) is 16.4. The molecule has 3 saturated heterocycles. The van der Waals surface area contributed by atoms with Gasteiger partial charge in [-0.1, -0.05) is 6.07 Å². The van der Waals surface area contributed by atoms with Gasteiger partial charge in [-0.3, -0.25) is 4.79 Å². The van der Waals surface area contributed by atoms with Crippen LogP contribution in [0.25, 0.3) is 22.3 Å². The van der Waals surface area contributed by atoms with E-state index in [1.54, 1.807) is 0 Å². The van der Waals surface area contributed by atoms with Crippen molar-refractivity contribution in [3.05, 3.63) is 64.3 Å². The van der Waals surface area contributed by atoms with Crippen LogP contribution in [0.15, 0.2) is 57.7 Å². The predicted octanol–water partition coefficient (Wildman–Crippen LogP) is -3.36. The number of rotatable bonds is 13. The summed E-state index contributed by atoms with van der Waals surface area (Å²) in [5, 5.41) is 147. The maximum absolute atomic E-state index is 13.1. The topological polar surface area (TPSA) is 397 Å². The predicted molar refractivity (Wildman–Crippen MR) is 220 cm³/mol. The van der Waals surface area contributed by atoms with Crippen molar-refractivity contribution in [2.75, 3.05) is 33.5 Å². The van der Waals surface area contributed by atoms with E-state index in [-0.39, 0.29) is 45.3 Å². The van der Waals surface area contributed by atoms with Crippen molar-refractivity contribution in [3.63, 3.8) is 0 Å². The number of aliphatic hydroxyl groups is 10. The highest BCUT2D eigenvalue weighted by Gasteiger charge is 2.54. The van der Waals surface area contributed by atoms with E-state index in [1.807, 2.05) is 0 Å². The first-order valence-electron chi connectivity index (χ1n) is 21.0. The van der Waals surface area contributed by atoms with E-state index in [9.17, 15) is 76.3 Å². The SMILES string of the molecule is COc1cc([C@H]2Oc3cc(-c4oc5cc(O)cc(O)c5c(=O)c4O)ccc3O[C@@H]2CO[C@@H]2O[C@H](CO)[C@@H](O[C@H]3O[C@H](CO)[C@@H](O[C@H]4O[C@H](CO)[C@@H](O)[C@H](O)[C@H]4O)[C@H](O)[C@H]3O)[C@H](O)[C@H]2O)ccc1O. The molecular formula is C43H50O25. The normalized spacial score (nSPS) is 35.0. The van der Waals surface area contributed by atoms with E-state index in [1.165, 1.54) is 43.5 Å². The second kappa shape index (κ2) is 20.0. The van der Waals surface area contributed by atoms with Gasteiger partial charge in [-0.05, 0) is 30.3 Å². The van der Waals surface area contributed by atoms with Gasteiger partial charge in [0.15, 0.2) is 59.8 Å². The van der Waals surface area contributed by atoms with Gasteiger partial charge in [-0.2, -0.15) is 0 Å². The molecule has 3 fully saturated rings. The van der Waals surface area contributed by atoms with Crippen LogP contribution in [0.1, 0.15) is 11.7 Å². The van der Waals surface area contributed by atoms with Gasteiger partial charge in [0.05, 0.1) is 33.5 Å². The van der Waals surface area contributed by atoms with Gasteiger partial charge in [0.25, 0.3) is 0 Å². The Kier molecular flexibility index (Phi) is 14.5. The fourth-order valence-corrected chi connectivity index (χ4v) is 8.39. The fourth-order valence-electron chi connectivity index (χ4n) is 8.39. The molecular weight excluding hydrogens is 916 g/mol. The van der Waals surface area contributed by atoms with Crippen molar-refractivity contribution in [1.82, 2.24) is 0 Å². The number of phenolic OH excluding ortho intramolecular Hbond substituents is 3. The lowest BCUT2D eigenvalue weighted by atomic mass is 9.96. The Labute approximate surface area is 382 Å². The molecule has 1 aromatic heterocycles. The third kappa shape index (κ3) is 9.20. The minimum absolute atomic E-state index is 0.0485. The maximum Gasteiger partial charge on any atom is 0.238 e. The van der Waals surface area contributed by atoms with Crippen LogP contribution in [-0.4, -0.2) is 203 Å². The largest absolute Gasteiger partial charge is 0.508 e. The number of benzene rings is 3. The first-order chi connectivity index (χ1) is 32.5. The van der Waals surface area contributed by atoms with Crippen molar-refractivity contribution in [3.8, 4) is 51.6 Å². The summed E-state index contributed by atoms with van der Waals surface area (Å²) in [4.78, 5) is 13.1. The first-order valence-corrected chi connectivity index (χ1v) is 21.0. The number of aliphatic hydroxyl groups excluding tert-OH is 10. The molecule has 3 aromatic carbocycles. The average Bonchev–Trinajstić information content (AvgIpc) is 3.32. The Morgan fingerprint density at radius 3 is 1.82 bits per heavy atom. The Hall–Kier alpha value is -5.17. The van der Waals surface area contributed by atoms with Crippen LogP contribution in [0.2, 0.25) is 0 Å². The van der Waals surface area contributed by atoms with Gasteiger partial charge in [-0.25, -0.2) is 0 Å². The number of aromatic hydroxyl groups is 4. The monoisotopic (exact) mass is 966 g/mol. The summed E-state index contributed by atoms with van der Waals surface area (Å²) < 4.78 is 57.8. The molecule has 0 aliphatic carbocycles. The number of methoxy groups -OCH3 is 1. The molecule has 0 amide bonds. The molecule has 0 saturated carbocycles. The van der Waals surface area contributed by atoms with Crippen molar-refractivity contribution in [2.24, 2.45) is 0 Å². The maximum atomic E-state index is 13.1. The summed E-state index contributed by atoms with van der Waals surface area (Å²) in [7, 11) is 1.32. The Bertz CT molecular complexity index is 2460. The molecule has 68 heavy (non-hydrogen) atoms. The minimum atomic E-state index is -2.04. The third-order valence-electron chi connectivity index (χ3n) is 12.0. The van der Waals surface area contributed by atoms with Crippen LogP contribution < -0.4 is 19.6 Å². The van der Waals surface area contributed by atoms with Crippen molar-refractivity contribution < 1.29 is 119 Å². The molecule has 0 radical (unpaired) electrons. The number of ether oxygens (including phenoxy) is 9. The van der Waals surface area contributed by atoms with Crippen molar-refractivity contribution >= 4 is 11.0 Å². The van der Waals surface area contributed by atoms with E-state index >= 15 is 0 Å². The van der Waals surface area contributed by atoms with E-state index in [2.05, 4.69) is 0 Å². The molecule has 14 N–H and O–H groups in total. The molecule has 4 aliphatic rings. The number of hydrogen-bond donors (Lipinski definition) is 14. The average molecular weight is 967 g/mol.